The van der Waals surface area contributed by atoms with E-state index in [-0.39, 0.29) is 5.91 Å². The lowest BCUT2D eigenvalue weighted by atomic mass is 10.1. The number of hydrogen-bond donors (Lipinski definition) is 2. The summed E-state index contributed by atoms with van der Waals surface area (Å²) in [5, 5.41) is 6.57. The minimum Gasteiger partial charge on any atom is -0.495 e. The molecule has 23 heavy (non-hydrogen) atoms. The monoisotopic (exact) mass is 332 g/mol. The van der Waals surface area contributed by atoms with Crippen molar-refractivity contribution >= 4 is 28.9 Å². The maximum atomic E-state index is 12.4. The number of halogens is 1. The fraction of sp³-hybridized carbons (Fsp3) is 0.278. The number of anilines is 2. The number of amides is 1. The lowest BCUT2D eigenvalue weighted by Gasteiger charge is -2.17. The first kappa shape index (κ1) is 17.2. The number of methoxy groups -OCH3 is 1. The van der Waals surface area contributed by atoms with Gasteiger partial charge in [-0.05, 0) is 62.2 Å². The molecule has 0 spiro atoms. The molecule has 1 amide bonds. The van der Waals surface area contributed by atoms with E-state index < -0.39 is 6.04 Å². The van der Waals surface area contributed by atoms with Gasteiger partial charge in [0.15, 0.2) is 0 Å². The number of nitrogens with one attached hydrogen (secondary N) is 2. The number of hydrogen-bond acceptors (Lipinski definition) is 3. The summed E-state index contributed by atoms with van der Waals surface area (Å²) < 4.78 is 5.23. The van der Waals surface area contributed by atoms with Crippen molar-refractivity contribution in [3.05, 3.63) is 52.5 Å². The second-order valence-corrected chi connectivity index (χ2v) is 5.94. The van der Waals surface area contributed by atoms with Crippen LogP contribution in [0.25, 0.3) is 0 Å². The van der Waals surface area contributed by atoms with E-state index in [1.807, 2.05) is 32.0 Å². The Bertz CT molecular complexity index is 716. The topological polar surface area (TPSA) is 50.4 Å². The van der Waals surface area contributed by atoms with Gasteiger partial charge >= 0.3 is 0 Å². The Morgan fingerprint density at radius 3 is 2.52 bits per heavy atom. The average molecular weight is 333 g/mol. The van der Waals surface area contributed by atoms with Gasteiger partial charge in [-0.25, -0.2) is 0 Å². The molecule has 0 aliphatic heterocycles. The van der Waals surface area contributed by atoms with Crippen LogP contribution in [0.5, 0.6) is 5.75 Å². The van der Waals surface area contributed by atoms with Crippen LogP contribution in [0.4, 0.5) is 11.4 Å². The Morgan fingerprint density at radius 1 is 1.13 bits per heavy atom. The standard InChI is InChI=1S/C18H21ClN2O2/c1-11-5-7-15(9-12(11)2)20-13(3)18(22)21-16-10-14(19)6-8-17(16)23-4/h5-10,13,20H,1-4H3,(H,21,22)/t13-/m0/s1. The van der Waals surface area contributed by atoms with Gasteiger partial charge < -0.3 is 15.4 Å². The second-order valence-electron chi connectivity index (χ2n) is 5.50. The minimum absolute atomic E-state index is 0.163. The van der Waals surface area contributed by atoms with E-state index >= 15 is 0 Å². The smallest absolute Gasteiger partial charge is 0.246 e. The molecule has 0 unspecified atom stereocenters. The van der Waals surface area contributed by atoms with Crippen LogP contribution in [0, 0.1) is 13.8 Å². The van der Waals surface area contributed by atoms with Crippen LogP contribution in [0.15, 0.2) is 36.4 Å². The van der Waals surface area contributed by atoms with Gasteiger partial charge in [0, 0.05) is 10.7 Å². The maximum absolute atomic E-state index is 12.4. The van der Waals surface area contributed by atoms with Crippen LogP contribution < -0.4 is 15.4 Å². The third kappa shape index (κ3) is 4.39. The van der Waals surface area contributed by atoms with Crippen molar-refractivity contribution in [3.8, 4) is 5.75 Å². The van der Waals surface area contributed by atoms with Gasteiger partial charge in [0.05, 0.1) is 12.8 Å². The predicted molar refractivity (Wildman–Crippen MR) is 95.6 cm³/mol. The van der Waals surface area contributed by atoms with E-state index in [0.29, 0.717) is 16.5 Å². The number of carbonyl (C=O) groups is 1. The lowest BCUT2D eigenvalue weighted by Crippen LogP contribution is -2.32. The summed E-state index contributed by atoms with van der Waals surface area (Å²) in [6, 6.07) is 10.7. The third-order valence-electron chi connectivity index (χ3n) is 3.70. The lowest BCUT2D eigenvalue weighted by molar-refractivity contribution is -0.116. The Hall–Kier alpha value is -2.20. The van der Waals surface area contributed by atoms with Crippen molar-refractivity contribution in [1.82, 2.24) is 0 Å². The van der Waals surface area contributed by atoms with Crippen molar-refractivity contribution in [2.75, 3.05) is 17.7 Å². The highest BCUT2D eigenvalue weighted by atomic mass is 35.5. The summed E-state index contributed by atoms with van der Waals surface area (Å²) in [6.07, 6.45) is 0. The molecule has 0 radical (unpaired) electrons. The van der Waals surface area contributed by atoms with E-state index in [0.717, 1.165) is 5.69 Å². The van der Waals surface area contributed by atoms with Crippen molar-refractivity contribution in [1.29, 1.82) is 0 Å². The molecule has 2 rings (SSSR count). The molecule has 1 atom stereocenters. The zero-order valence-corrected chi connectivity index (χ0v) is 14.5. The van der Waals surface area contributed by atoms with Crippen molar-refractivity contribution in [3.63, 3.8) is 0 Å². The molecule has 0 aliphatic carbocycles. The normalized spacial score (nSPS) is 11.7. The molecule has 0 fully saturated rings. The molecule has 0 aliphatic rings. The highest BCUT2D eigenvalue weighted by molar-refractivity contribution is 6.31. The molecule has 5 heteroatoms. The SMILES string of the molecule is COc1ccc(Cl)cc1NC(=O)[C@H](C)Nc1ccc(C)c(C)c1. The number of benzene rings is 2. The van der Waals surface area contributed by atoms with Crippen LogP contribution in [0.2, 0.25) is 5.02 Å². The molecule has 0 bridgehead atoms. The van der Waals surface area contributed by atoms with Gasteiger partial charge in [-0.15, -0.1) is 0 Å². The van der Waals surface area contributed by atoms with Crippen LogP contribution in [-0.4, -0.2) is 19.1 Å². The van der Waals surface area contributed by atoms with E-state index in [1.165, 1.54) is 11.1 Å². The van der Waals surface area contributed by atoms with Crippen LogP contribution in [0.1, 0.15) is 18.1 Å². The van der Waals surface area contributed by atoms with E-state index in [9.17, 15) is 4.79 Å². The maximum Gasteiger partial charge on any atom is 0.246 e. The van der Waals surface area contributed by atoms with Crippen LogP contribution in [0.3, 0.4) is 0 Å². The molecular weight excluding hydrogens is 312 g/mol. The number of carbonyl (C=O) groups excluding carboxylic acids is 1. The molecule has 0 saturated heterocycles. The van der Waals surface area contributed by atoms with Gasteiger partial charge in [-0.3, -0.25) is 4.79 Å². The zero-order valence-electron chi connectivity index (χ0n) is 13.7. The van der Waals surface area contributed by atoms with E-state index in [2.05, 4.69) is 17.6 Å². The summed E-state index contributed by atoms with van der Waals surface area (Å²) in [5.41, 5.74) is 3.86. The van der Waals surface area contributed by atoms with Crippen molar-refractivity contribution in [2.24, 2.45) is 0 Å². The third-order valence-corrected chi connectivity index (χ3v) is 3.94. The van der Waals surface area contributed by atoms with Gasteiger partial charge in [-0.2, -0.15) is 0 Å². The summed E-state index contributed by atoms with van der Waals surface area (Å²) in [4.78, 5) is 12.4. The van der Waals surface area contributed by atoms with E-state index in [4.69, 9.17) is 16.3 Å². The van der Waals surface area contributed by atoms with Gasteiger partial charge in [0.1, 0.15) is 11.8 Å². The fourth-order valence-corrected chi connectivity index (χ4v) is 2.34. The molecule has 2 N–H and O–H groups in total. The van der Waals surface area contributed by atoms with Gasteiger partial charge in [0.25, 0.3) is 0 Å². The first-order valence-electron chi connectivity index (χ1n) is 7.39. The fourth-order valence-electron chi connectivity index (χ4n) is 2.17. The number of rotatable bonds is 5. The largest absolute Gasteiger partial charge is 0.495 e. The summed E-state index contributed by atoms with van der Waals surface area (Å²) in [5.74, 6) is 0.407. The Labute approximate surface area is 141 Å². The molecule has 0 aromatic heterocycles. The molecule has 2 aromatic carbocycles. The molecule has 4 nitrogen and oxygen atoms in total. The first-order chi connectivity index (χ1) is 10.9. The van der Waals surface area contributed by atoms with E-state index in [1.54, 1.807) is 25.3 Å². The Balaban J connectivity index is 2.08. The number of ether oxygens (including phenoxy) is 1. The van der Waals surface area contributed by atoms with Crippen molar-refractivity contribution in [2.45, 2.75) is 26.8 Å². The Morgan fingerprint density at radius 2 is 1.87 bits per heavy atom. The predicted octanol–water partition coefficient (Wildman–Crippen LogP) is 4.40. The minimum atomic E-state index is -0.402. The van der Waals surface area contributed by atoms with Gasteiger partial charge in [-0.1, -0.05) is 17.7 Å². The average Bonchev–Trinajstić information content (AvgIpc) is 2.51. The highest BCUT2D eigenvalue weighted by Gasteiger charge is 2.15. The summed E-state index contributed by atoms with van der Waals surface area (Å²) in [6.45, 7) is 5.91. The molecular formula is C18H21ClN2O2. The number of aryl methyl sites for hydroxylation is 2. The second kappa shape index (κ2) is 7.38. The highest BCUT2D eigenvalue weighted by Crippen LogP contribution is 2.28. The Kier molecular flexibility index (Phi) is 5.50. The molecule has 2 aromatic rings. The molecule has 0 saturated carbocycles. The zero-order chi connectivity index (χ0) is 17.0. The van der Waals surface area contributed by atoms with Gasteiger partial charge in [0.2, 0.25) is 5.91 Å². The first-order valence-corrected chi connectivity index (χ1v) is 7.76. The summed E-state index contributed by atoms with van der Waals surface area (Å²) >= 11 is 5.98. The van der Waals surface area contributed by atoms with Crippen LogP contribution in [-0.2, 0) is 4.79 Å². The molecule has 122 valence electrons. The molecule has 0 heterocycles. The van der Waals surface area contributed by atoms with Crippen molar-refractivity contribution < 1.29 is 9.53 Å². The van der Waals surface area contributed by atoms with Crippen LogP contribution >= 0.6 is 11.6 Å². The summed E-state index contributed by atoms with van der Waals surface area (Å²) in [7, 11) is 1.55. The quantitative estimate of drug-likeness (QED) is 0.853.